The zero-order chi connectivity index (χ0) is 17.9. The number of benzene rings is 1. The minimum absolute atomic E-state index is 0.0435. The lowest BCUT2D eigenvalue weighted by molar-refractivity contribution is -0.138. The zero-order valence-corrected chi connectivity index (χ0v) is 12.6. The van der Waals surface area contributed by atoms with Crippen LogP contribution in [-0.4, -0.2) is 40.6 Å². The van der Waals surface area contributed by atoms with Gasteiger partial charge in [0.05, 0.1) is 12.6 Å². The second-order valence-electron chi connectivity index (χ2n) is 4.69. The lowest BCUT2D eigenvalue weighted by Gasteiger charge is -2.17. The molecule has 1 saturated heterocycles. The maximum atomic E-state index is 13.1. The Bertz CT molecular complexity index is 739. The van der Waals surface area contributed by atoms with Gasteiger partial charge in [-0.1, -0.05) is 23.3 Å². The molecule has 12 heteroatoms. The van der Waals surface area contributed by atoms with E-state index in [-0.39, 0.29) is 5.17 Å². The van der Waals surface area contributed by atoms with Crippen LogP contribution >= 0.6 is 11.8 Å². The summed E-state index contributed by atoms with van der Waals surface area (Å²) in [6.07, 6.45) is 0.293. The summed E-state index contributed by atoms with van der Waals surface area (Å²) >= 11 is 0.798. The van der Waals surface area contributed by atoms with Crippen molar-refractivity contribution in [3.05, 3.63) is 29.6 Å². The number of hydrogen-bond acceptors (Lipinski definition) is 5. The summed E-state index contributed by atoms with van der Waals surface area (Å²) in [4.78, 5) is 22.0. The van der Waals surface area contributed by atoms with Crippen molar-refractivity contribution >= 4 is 47.5 Å². The summed E-state index contributed by atoms with van der Waals surface area (Å²) in [5.74, 6) is -2.62. The van der Waals surface area contributed by atoms with Crippen molar-refractivity contribution < 1.29 is 32.0 Å². The Morgan fingerprint density at radius 3 is 2.75 bits per heavy atom. The number of nitrogens with one attached hydrogen (secondary N) is 1. The molecule has 128 valence electrons. The van der Waals surface area contributed by atoms with Gasteiger partial charge in [-0.05, 0) is 17.7 Å². The predicted molar refractivity (Wildman–Crippen MR) is 81.9 cm³/mol. The largest absolute Gasteiger partial charge is 0.510 e. The van der Waals surface area contributed by atoms with Gasteiger partial charge in [-0.25, -0.2) is 4.39 Å². The number of amidine groups is 1. The van der Waals surface area contributed by atoms with E-state index in [0.29, 0.717) is 18.2 Å². The van der Waals surface area contributed by atoms with Crippen LogP contribution in [0.25, 0.3) is 0 Å². The van der Waals surface area contributed by atoms with E-state index >= 15 is 0 Å². The molecule has 1 aromatic rings. The molecule has 6 nitrogen and oxygen atoms in total. The molecule has 2 rings (SSSR count). The van der Waals surface area contributed by atoms with Gasteiger partial charge in [-0.2, -0.15) is 5.10 Å². The molecule has 1 atom stereocenters. The summed E-state index contributed by atoms with van der Waals surface area (Å²) in [6.45, 7) is -5.36. The summed E-state index contributed by atoms with van der Waals surface area (Å²) in [7, 11) is 0. The third kappa shape index (κ3) is 4.57. The van der Waals surface area contributed by atoms with Gasteiger partial charge in [0.2, 0.25) is 5.91 Å². The van der Waals surface area contributed by atoms with Crippen molar-refractivity contribution in [2.24, 2.45) is 10.2 Å². The first-order chi connectivity index (χ1) is 11.2. The van der Waals surface area contributed by atoms with Crippen LogP contribution in [0.2, 0.25) is 0 Å². The lowest BCUT2D eigenvalue weighted by Crippen LogP contribution is -2.37. The SMILES string of the molecule is O=C(O)CC1SC(=NN=Cc2cc(F)ccc2[B-](F)(F)F)NC1=O. The van der Waals surface area contributed by atoms with Crippen LogP contribution in [0.3, 0.4) is 0 Å². The van der Waals surface area contributed by atoms with Crippen LogP contribution in [0.4, 0.5) is 17.3 Å². The van der Waals surface area contributed by atoms with Crippen LogP contribution < -0.4 is 10.8 Å². The first-order valence-corrected chi connectivity index (χ1v) is 7.34. The predicted octanol–water partition coefficient (Wildman–Crippen LogP) is 1.28. The molecule has 0 radical (unpaired) electrons. The maximum absolute atomic E-state index is 13.1. The molecule has 1 aliphatic heterocycles. The van der Waals surface area contributed by atoms with Crippen LogP contribution in [-0.2, 0) is 9.59 Å². The quantitative estimate of drug-likeness (QED) is 0.357. The summed E-state index contributed by atoms with van der Waals surface area (Å²) < 4.78 is 51.7. The summed E-state index contributed by atoms with van der Waals surface area (Å²) in [5.41, 5.74) is -1.52. The fourth-order valence-corrected chi connectivity index (χ4v) is 2.76. The molecule has 24 heavy (non-hydrogen) atoms. The number of thioether (sulfide) groups is 1. The Kier molecular flexibility index (Phi) is 5.27. The number of carbonyl (C=O) groups excluding carboxylic acids is 1. The Labute approximate surface area is 137 Å². The first kappa shape index (κ1) is 18.0. The van der Waals surface area contributed by atoms with E-state index in [2.05, 4.69) is 15.5 Å². The Morgan fingerprint density at radius 2 is 2.12 bits per heavy atom. The number of carboxylic acids is 1. The third-order valence-electron chi connectivity index (χ3n) is 2.88. The number of carboxylic acid groups (broad SMARTS) is 1. The second-order valence-corrected chi connectivity index (χ2v) is 5.88. The van der Waals surface area contributed by atoms with Gasteiger partial charge in [-0.3, -0.25) is 9.59 Å². The van der Waals surface area contributed by atoms with E-state index in [1.807, 2.05) is 0 Å². The van der Waals surface area contributed by atoms with Crippen molar-refractivity contribution in [2.75, 3.05) is 0 Å². The van der Waals surface area contributed by atoms with E-state index in [4.69, 9.17) is 5.11 Å². The highest BCUT2D eigenvalue weighted by Crippen LogP contribution is 2.22. The second kappa shape index (κ2) is 7.03. The molecule has 1 unspecified atom stereocenters. The molecule has 1 amide bonds. The summed E-state index contributed by atoms with van der Waals surface area (Å²) in [6, 6.07) is 1.97. The molecule has 1 fully saturated rings. The van der Waals surface area contributed by atoms with Gasteiger partial charge in [0.1, 0.15) is 11.1 Å². The number of halogens is 4. The number of rotatable bonds is 5. The van der Waals surface area contributed by atoms with E-state index in [1.165, 1.54) is 0 Å². The first-order valence-electron chi connectivity index (χ1n) is 6.46. The molecule has 2 N–H and O–H groups in total. The molecular weight excluding hydrogens is 353 g/mol. The summed E-state index contributed by atoms with van der Waals surface area (Å²) in [5, 5.41) is 16.9. The van der Waals surface area contributed by atoms with Crippen LogP contribution in [0.1, 0.15) is 12.0 Å². The zero-order valence-electron chi connectivity index (χ0n) is 11.7. The van der Waals surface area contributed by atoms with Crippen molar-refractivity contribution in [1.82, 2.24) is 5.32 Å². The van der Waals surface area contributed by atoms with Gasteiger partial charge in [0, 0.05) is 0 Å². The molecule has 0 saturated carbocycles. The van der Waals surface area contributed by atoms with Crippen molar-refractivity contribution in [1.29, 1.82) is 0 Å². The minimum atomic E-state index is -5.36. The van der Waals surface area contributed by atoms with Gasteiger partial charge in [-0.15, -0.1) is 5.10 Å². The van der Waals surface area contributed by atoms with Gasteiger partial charge in [0.25, 0.3) is 0 Å². The van der Waals surface area contributed by atoms with Crippen molar-refractivity contribution in [3.63, 3.8) is 0 Å². The highest BCUT2D eigenvalue weighted by Gasteiger charge is 2.32. The topological polar surface area (TPSA) is 91.1 Å². The monoisotopic (exact) mass is 362 g/mol. The average Bonchev–Trinajstić information content (AvgIpc) is 2.77. The smallest absolute Gasteiger partial charge is 0.481 e. The fourth-order valence-electron chi connectivity index (χ4n) is 1.84. The Morgan fingerprint density at radius 1 is 1.42 bits per heavy atom. The number of amides is 1. The van der Waals surface area contributed by atoms with Crippen LogP contribution in [0, 0.1) is 5.82 Å². The van der Waals surface area contributed by atoms with E-state index in [9.17, 15) is 26.9 Å². The van der Waals surface area contributed by atoms with Gasteiger partial charge < -0.3 is 23.4 Å². The van der Waals surface area contributed by atoms with Crippen LogP contribution in [0.5, 0.6) is 0 Å². The third-order valence-corrected chi connectivity index (χ3v) is 3.96. The number of carbonyl (C=O) groups is 2. The van der Waals surface area contributed by atoms with E-state index in [1.54, 1.807) is 0 Å². The molecular formula is C12H9BF4N3O3S-. The minimum Gasteiger partial charge on any atom is -0.481 e. The number of nitrogens with zero attached hydrogens (tertiary/aromatic N) is 2. The van der Waals surface area contributed by atoms with Gasteiger partial charge in [0.15, 0.2) is 5.17 Å². The van der Waals surface area contributed by atoms with E-state index < -0.39 is 47.4 Å². The average molecular weight is 362 g/mol. The molecule has 0 spiro atoms. The standard InChI is InChI=1S/C12H9BF4N3O3S/c14-7-1-2-8(13(15,16)17)6(3-7)5-18-20-12-19-11(23)9(24-12)4-10(21)22/h1-3,5,9H,4H2,(H,21,22)(H,19,20,23)/q-1. The molecule has 1 aliphatic rings. The molecule has 1 aromatic carbocycles. The highest BCUT2D eigenvalue weighted by atomic mass is 32.2. The Hall–Kier alpha value is -2.37. The lowest BCUT2D eigenvalue weighted by atomic mass is 9.77. The number of aliphatic carboxylic acids is 1. The van der Waals surface area contributed by atoms with Crippen molar-refractivity contribution in [2.45, 2.75) is 11.7 Å². The fraction of sp³-hybridized carbons (Fsp3) is 0.167. The number of hydrogen-bond donors (Lipinski definition) is 2. The maximum Gasteiger partial charge on any atom is 0.510 e. The molecule has 0 aliphatic carbocycles. The Balaban J connectivity index is 2.16. The van der Waals surface area contributed by atoms with Crippen LogP contribution in [0.15, 0.2) is 28.4 Å². The molecule has 0 bridgehead atoms. The molecule has 1 heterocycles. The van der Waals surface area contributed by atoms with Crippen molar-refractivity contribution in [3.8, 4) is 0 Å². The molecule has 0 aromatic heterocycles. The van der Waals surface area contributed by atoms with Gasteiger partial charge >= 0.3 is 12.9 Å². The highest BCUT2D eigenvalue weighted by molar-refractivity contribution is 8.15. The normalized spacial score (nSPS) is 19.9. The van der Waals surface area contributed by atoms with E-state index in [0.717, 1.165) is 18.0 Å².